The number of esters is 2. The molecule has 0 saturated carbocycles. The topological polar surface area (TPSA) is 55.8 Å². The van der Waals surface area contributed by atoms with Gasteiger partial charge in [0.05, 0.1) is 6.04 Å². The van der Waals surface area contributed by atoms with Gasteiger partial charge in [0, 0.05) is 36.5 Å². The number of fused-ring (bicyclic) bond motifs is 2. The Hall–Kier alpha value is -1.62. The third-order valence-corrected chi connectivity index (χ3v) is 5.11. The molecule has 0 aromatic rings. The van der Waals surface area contributed by atoms with Crippen LogP contribution in [0.15, 0.2) is 23.3 Å². The van der Waals surface area contributed by atoms with E-state index in [0.717, 1.165) is 12.8 Å². The summed E-state index contributed by atoms with van der Waals surface area (Å²) in [5.74, 6) is -0.503. The molecule has 2 rings (SSSR count). The minimum absolute atomic E-state index is 0.102. The standard InChI is InChI=1S/C18H27NO4/c1-6-11(3)17(20)22-14-8-13-9-16(15(10-14)19(13)5)23-18(21)12(4)7-2/h6-7,13-16H,8-10H2,1-5H3/b11-6+,12-7+/t13-,14+,15+,16+/m1/s1. The maximum Gasteiger partial charge on any atom is 0.333 e. The zero-order valence-electron chi connectivity index (χ0n) is 14.7. The molecule has 2 bridgehead atoms. The van der Waals surface area contributed by atoms with Crippen LogP contribution in [-0.2, 0) is 19.1 Å². The lowest BCUT2D eigenvalue weighted by molar-refractivity contribution is -0.151. The fourth-order valence-electron chi connectivity index (χ4n) is 3.31. The van der Waals surface area contributed by atoms with Crippen LogP contribution in [0.1, 0.15) is 47.0 Å². The van der Waals surface area contributed by atoms with Gasteiger partial charge in [0.1, 0.15) is 12.2 Å². The Morgan fingerprint density at radius 1 is 0.957 bits per heavy atom. The fraction of sp³-hybridized carbons (Fsp3) is 0.667. The smallest absolute Gasteiger partial charge is 0.333 e. The first-order chi connectivity index (χ1) is 10.9. The van der Waals surface area contributed by atoms with Crippen LogP contribution < -0.4 is 0 Å². The molecular weight excluding hydrogens is 294 g/mol. The first-order valence-electron chi connectivity index (χ1n) is 8.27. The molecule has 2 aliphatic heterocycles. The molecule has 4 atom stereocenters. The number of hydrogen-bond donors (Lipinski definition) is 0. The van der Waals surface area contributed by atoms with Crippen molar-refractivity contribution in [3.63, 3.8) is 0 Å². The van der Waals surface area contributed by atoms with Crippen molar-refractivity contribution in [2.75, 3.05) is 7.05 Å². The molecule has 0 aromatic carbocycles. The molecule has 2 saturated heterocycles. The lowest BCUT2D eigenvalue weighted by Crippen LogP contribution is -2.46. The predicted molar refractivity (Wildman–Crippen MR) is 87.8 cm³/mol. The summed E-state index contributed by atoms with van der Waals surface area (Å²) in [5, 5.41) is 0. The van der Waals surface area contributed by atoms with E-state index in [9.17, 15) is 9.59 Å². The number of carbonyl (C=O) groups is 2. The number of carbonyl (C=O) groups excluding carboxylic acids is 2. The van der Waals surface area contributed by atoms with Gasteiger partial charge in [-0.3, -0.25) is 4.90 Å². The summed E-state index contributed by atoms with van der Waals surface area (Å²) in [6, 6.07) is 0.409. The Balaban J connectivity index is 2.00. The summed E-state index contributed by atoms with van der Waals surface area (Å²) < 4.78 is 11.3. The molecule has 2 heterocycles. The van der Waals surface area contributed by atoms with Gasteiger partial charge < -0.3 is 9.47 Å². The van der Waals surface area contributed by atoms with Crippen molar-refractivity contribution in [1.29, 1.82) is 0 Å². The van der Waals surface area contributed by atoms with Crippen LogP contribution in [0.25, 0.3) is 0 Å². The fourth-order valence-corrected chi connectivity index (χ4v) is 3.31. The van der Waals surface area contributed by atoms with Gasteiger partial charge in [-0.15, -0.1) is 0 Å². The van der Waals surface area contributed by atoms with Gasteiger partial charge in [0.15, 0.2) is 0 Å². The summed E-state index contributed by atoms with van der Waals surface area (Å²) in [6.07, 6.45) is 5.61. The highest BCUT2D eigenvalue weighted by molar-refractivity contribution is 5.88. The van der Waals surface area contributed by atoms with Gasteiger partial charge in [-0.05, 0) is 34.7 Å². The van der Waals surface area contributed by atoms with Crippen molar-refractivity contribution >= 4 is 11.9 Å². The molecule has 5 heteroatoms. The van der Waals surface area contributed by atoms with E-state index in [0.29, 0.717) is 23.6 Å². The van der Waals surface area contributed by atoms with Crippen molar-refractivity contribution in [3.8, 4) is 0 Å². The Morgan fingerprint density at radius 2 is 1.52 bits per heavy atom. The van der Waals surface area contributed by atoms with Crippen molar-refractivity contribution in [2.24, 2.45) is 0 Å². The SMILES string of the molecule is C/C=C(\C)C(=O)O[C@H]1C[C@@H]2C[C@H](OC(=O)/C(C)=C/C)[C@H](C1)N2C. The number of hydrogen-bond acceptors (Lipinski definition) is 5. The van der Waals surface area contributed by atoms with Crippen LogP contribution in [0.2, 0.25) is 0 Å². The second-order valence-corrected chi connectivity index (χ2v) is 6.51. The second kappa shape index (κ2) is 7.30. The molecule has 0 N–H and O–H groups in total. The van der Waals surface area contributed by atoms with Gasteiger partial charge in [-0.25, -0.2) is 9.59 Å². The first kappa shape index (κ1) is 17.7. The summed E-state index contributed by atoms with van der Waals surface area (Å²) in [7, 11) is 2.06. The predicted octanol–water partition coefficient (Wildman–Crippen LogP) is 2.61. The summed E-state index contributed by atoms with van der Waals surface area (Å²) in [4.78, 5) is 26.2. The molecule has 23 heavy (non-hydrogen) atoms. The molecule has 2 fully saturated rings. The minimum atomic E-state index is -0.253. The van der Waals surface area contributed by atoms with E-state index >= 15 is 0 Å². The lowest BCUT2D eigenvalue weighted by Gasteiger charge is -2.36. The van der Waals surface area contributed by atoms with Crippen LogP contribution in [0.5, 0.6) is 0 Å². The number of piperidine rings is 1. The number of likely N-dealkylation sites (N-methyl/N-ethyl adjacent to an activating group) is 1. The van der Waals surface area contributed by atoms with E-state index in [1.165, 1.54) is 0 Å². The van der Waals surface area contributed by atoms with Gasteiger partial charge in [0.2, 0.25) is 0 Å². The van der Waals surface area contributed by atoms with Crippen molar-refractivity contribution in [3.05, 3.63) is 23.3 Å². The molecule has 0 radical (unpaired) electrons. The maximum atomic E-state index is 12.0. The quantitative estimate of drug-likeness (QED) is 0.588. The Kier molecular flexibility index (Phi) is 5.63. The zero-order chi connectivity index (χ0) is 17.1. The van der Waals surface area contributed by atoms with Crippen LogP contribution in [0, 0.1) is 0 Å². The first-order valence-corrected chi connectivity index (χ1v) is 8.27. The van der Waals surface area contributed by atoms with Crippen molar-refractivity contribution < 1.29 is 19.1 Å². The van der Waals surface area contributed by atoms with E-state index in [-0.39, 0.29) is 30.2 Å². The molecule has 2 aliphatic rings. The Bertz CT molecular complexity index is 535. The largest absolute Gasteiger partial charge is 0.459 e. The van der Waals surface area contributed by atoms with Crippen LogP contribution in [-0.4, -0.2) is 48.2 Å². The molecule has 0 amide bonds. The third-order valence-electron chi connectivity index (χ3n) is 5.11. The van der Waals surface area contributed by atoms with E-state index in [4.69, 9.17) is 9.47 Å². The van der Waals surface area contributed by atoms with E-state index < -0.39 is 0 Å². The molecular formula is C18H27NO4. The Morgan fingerprint density at radius 3 is 2.09 bits per heavy atom. The summed E-state index contributed by atoms with van der Waals surface area (Å²) >= 11 is 0. The van der Waals surface area contributed by atoms with Crippen LogP contribution in [0.3, 0.4) is 0 Å². The van der Waals surface area contributed by atoms with Gasteiger partial charge >= 0.3 is 11.9 Å². The molecule has 0 unspecified atom stereocenters. The monoisotopic (exact) mass is 321 g/mol. The number of rotatable bonds is 4. The van der Waals surface area contributed by atoms with Gasteiger partial charge in [0.25, 0.3) is 0 Å². The van der Waals surface area contributed by atoms with E-state index in [2.05, 4.69) is 11.9 Å². The lowest BCUT2D eigenvalue weighted by atomic mass is 10.00. The minimum Gasteiger partial charge on any atom is -0.459 e. The summed E-state index contributed by atoms with van der Waals surface area (Å²) in [6.45, 7) is 7.18. The molecule has 0 aliphatic carbocycles. The summed E-state index contributed by atoms with van der Waals surface area (Å²) in [5.41, 5.74) is 1.25. The van der Waals surface area contributed by atoms with Crippen LogP contribution >= 0.6 is 0 Å². The highest BCUT2D eigenvalue weighted by Gasteiger charge is 2.47. The van der Waals surface area contributed by atoms with E-state index in [1.54, 1.807) is 26.0 Å². The highest BCUT2D eigenvalue weighted by atomic mass is 16.6. The number of ether oxygens (including phenoxy) is 2. The normalized spacial score (nSPS) is 31.9. The highest BCUT2D eigenvalue weighted by Crippen LogP contribution is 2.37. The zero-order valence-corrected chi connectivity index (χ0v) is 14.7. The molecule has 0 aromatic heterocycles. The average Bonchev–Trinajstić information content (AvgIpc) is 2.72. The van der Waals surface area contributed by atoms with Crippen LogP contribution in [0.4, 0.5) is 0 Å². The van der Waals surface area contributed by atoms with Crippen molar-refractivity contribution in [1.82, 2.24) is 4.90 Å². The maximum absolute atomic E-state index is 12.0. The molecule has 128 valence electrons. The molecule has 0 spiro atoms. The van der Waals surface area contributed by atoms with Gasteiger partial charge in [-0.1, -0.05) is 12.2 Å². The Labute approximate surface area is 138 Å². The number of allylic oxidation sites excluding steroid dienone is 2. The van der Waals surface area contributed by atoms with Crippen molar-refractivity contribution in [2.45, 2.75) is 71.2 Å². The number of nitrogens with zero attached hydrogens (tertiary/aromatic N) is 1. The second-order valence-electron chi connectivity index (χ2n) is 6.51. The van der Waals surface area contributed by atoms with Gasteiger partial charge in [-0.2, -0.15) is 0 Å². The molecule has 5 nitrogen and oxygen atoms in total. The van der Waals surface area contributed by atoms with E-state index in [1.807, 2.05) is 13.8 Å². The average molecular weight is 321 g/mol. The third kappa shape index (κ3) is 3.83.